The van der Waals surface area contributed by atoms with Gasteiger partial charge in [-0.25, -0.2) is 0 Å². The smallest absolute Gasteiger partial charge is 0.000823 e. The number of rotatable bonds is 8. The third-order valence-electron chi connectivity index (χ3n) is 3.37. The highest BCUT2D eigenvalue weighted by Gasteiger charge is 2.02. The standard InChI is InChI=1S/C15H26N2/c1-3-13-5-7-15(8-6-13)9-10-17-12-14(4-2)11-16/h5-8,14,17H,3-4,9-12,16H2,1-2H3. The average molecular weight is 234 g/mol. The molecular formula is C15H26N2. The van der Waals surface area contributed by atoms with Gasteiger partial charge in [-0.15, -0.1) is 0 Å². The highest BCUT2D eigenvalue weighted by Crippen LogP contribution is 2.05. The highest BCUT2D eigenvalue weighted by atomic mass is 14.9. The number of aryl methyl sites for hydroxylation is 1. The van der Waals surface area contributed by atoms with Crippen LogP contribution in [0.2, 0.25) is 0 Å². The van der Waals surface area contributed by atoms with Crippen molar-refractivity contribution in [1.29, 1.82) is 0 Å². The van der Waals surface area contributed by atoms with Crippen LogP contribution in [-0.4, -0.2) is 19.6 Å². The molecule has 17 heavy (non-hydrogen) atoms. The zero-order valence-electron chi connectivity index (χ0n) is 11.2. The van der Waals surface area contributed by atoms with Gasteiger partial charge in [0.1, 0.15) is 0 Å². The first-order valence-electron chi connectivity index (χ1n) is 6.78. The first kappa shape index (κ1) is 14.2. The quantitative estimate of drug-likeness (QED) is 0.678. The SMILES string of the molecule is CCc1ccc(CCNCC(CC)CN)cc1. The van der Waals surface area contributed by atoms with Crippen LogP contribution in [-0.2, 0) is 12.8 Å². The Morgan fingerprint density at radius 2 is 1.76 bits per heavy atom. The molecule has 0 radical (unpaired) electrons. The van der Waals surface area contributed by atoms with Gasteiger partial charge in [-0.1, -0.05) is 44.5 Å². The van der Waals surface area contributed by atoms with E-state index in [1.807, 2.05) is 0 Å². The van der Waals surface area contributed by atoms with Gasteiger partial charge in [0.2, 0.25) is 0 Å². The minimum Gasteiger partial charge on any atom is -0.330 e. The van der Waals surface area contributed by atoms with Crippen LogP contribution in [0.5, 0.6) is 0 Å². The summed E-state index contributed by atoms with van der Waals surface area (Å²) >= 11 is 0. The minimum absolute atomic E-state index is 0.623. The second-order valence-electron chi connectivity index (χ2n) is 4.63. The minimum atomic E-state index is 0.623. The van der Waals surface area contributed by atoms with E-state index in [9.17, 15) is 0 Å². The molecule has 1 unspecified atom stereocenters. The van der Waals surface area contributed by atoms with E-state index in [0.29, 0.717) is 5.92 Å². The van der Waals surface area contributed by atoms with Crippen molar-refractivity contribution in [3.05, 3.63) is 35.4 Å². The first-order chi connectivity index (χ1) is 8.30. The van der Waals surface area contributed by atoms with Gasteiger partial charge in [-0.05, 0) is 49.5 Å². The molecule has 0 saturated heterocycles. The predicted octanol–water partition coefficient (Wildman–Crippen LogP) is 2.37. The molecule has 0 fully saturated rings. The van der Waals surface area contributed by atoms with E-state index in [0.717, 1.165) is 38.9 Å². The van der Waals surface area contributed by atoms with Gasteiger partial charge in [0.15, 0.2) is 0 Å². The lowest BCUT2D eigenvalue weighted by molar-refractivity contribution is 0.474. The molecule has 2 heteroatoms. The van der Waals surface area contributed by atoms with Crippen LogP contribution in [0, 0.1) is 5.92 Å². The van der Waals surface area contributed by atoms with E-state index >= 15 is 0 Å². The monoisotopic (exact) mass is 234 g/mol. The van der Waals surface area contributed by atoms with Crippen molar-refractivity contribution in [3.63, 3.8) is 0 Å². The summed E-state index contributed by atoms with van der Waals surface area (Å²) in [6.07, 6.45) is 3.38. The van der Waals surface area contributed by atoms with Gasteiger partial charge in [0.25, 0.3) is 0 Å². The number of hydrogen-bond acceptors (Lipinski definition) is 2. The van der Waals surface area contributed by atoms with Crippen molar-refractivity contribution in [2.75, 3.05) is 19.6 Å². The van der Waals surface area contributed by atoms with Crippen LogP contribution in [0.4, 0.5) is 0 Å². The summed E-state index contributed by atoms with van der Waals surface area (Å²) in [6.45, 7) is 7.26. The zero-order valence-corrected chi connectivity index (χ0v) is 11.2. The Morgan fingerprint density at radius 3 is 2.29 bits per heavy atom. The Hall–Kier alpha value is -0.860. The molecule has 0 bridgehead atoms. The summed E-state index contributed by atoms with van der Waals surface area (Å²) in [5.74, 6) is 0.623. The Bertz CT molecular complexity index is 288. The van der Waals surface area contributed by atoms with E-state index < -0.39 is 0 Å². The Labute approximate surface area is 106 Å². The fourth-order valence-electron chi connectivity index (χ4n) is 1.87. The van der Waals surface area contributed by atoms with Gasteiger partial charge >= 0.3 is 0 Å². The lowest BCUT2D eigenvalue weighted by Crippen LogP contribution is -2.29. The van der Waals surface area contributed by atoms with Crippen LogP contribution in [0.3, 0.4) is 0 Å². The molecule has 0 heterocycles. The molecule has 0 aliphatic carbocycles. The molecule has 1 atom stereocenters. The molecular weight excluding hydrogens is 208 g/mol. The topological polar surface area (TPSA) is 38.0 Å². The molecule has 96 valence electrons. The second-order valence-corrected chi connectivity index (χ2v) is 4.63. The summed E-state index contributed by atoms with van der Waals surface area (Å²) in [5.41, 5.74) is 8.49. The maximum Gasteiger partial charge on any atom is -0.000823 e. The summed E-state index contributed by atoms with van der Waals surface area (Å²) in [6, 6.07) is 8.93. The Kier molecular flexibility index (Phi) is 6.90. The van der Waals surface area contributed by atoms with Crippen LogP contribution in [0.15, 0.2) is 24.3 Å². The molecule has 0 aliphatic heterocycles. The maximum atomic E-state index is 5.67. The maximum absolute atomic E-state index is 5.67. The van der Waals surface area contributed by atoms with Gasteiger partial charge < -0.3 is 11.1 Å². The van der Waals surface area contributed by atoms with Crippen LogP contribution in [0.1, 0.15) is 31.4 Å². The summed E-state index contributed by atoms with van der Waals surface area (Å²) in [5, 5.41) is 3.48. The molecule has 1 aromatic carbocycles. The molecule has 0 spiro atoms. The van der Waals surface area contributed by atoms with Crippen molar-refractivity contribution < 1.29 is 0 Å². The molecule has 0 amide bonds. The van der Waals surface area contributed by atoms with Gasteiger partial charge in [0, 0.05) is 0 Å². The van der Waals surface area contributed by atoms with E-state index in [2.05, 4.69) is 43.4 Å². The molecule has 0 aliphatic rings. The molecule has 0 saturated carbocycles. The summed E-state index contributed by atoms with van der Waals surface area (Å²) < 4.78 is 0. The fourth-order valence-corrected chi connectivity index (χ4v) is 1.87. The van der Waals surface area contributed by atoms with Gasteiger partial charge in [-0.2, -0.15) is 0 Å². The lowest BCUT2D eigenvalue weighted by Gasteiger charge is -2.13. The largest absolute Gasteiger partial charge is 0.330 e. The average Bonchev–Trinajstić information content (AvgIpc) is 2.40. The number of nitrogens with one attached hydrogen (secondary N) is 1. The normalized spacial score (nSPS) is 12.6. The fraction of sp³-hybridized carbons (Fsp3) is 0.600. The molecule has 3 N–H and O–H groups in total. The Balaban J connectivity index is 2.21. The van der Waals surface area contributed by atoms with Crippen molar-refractivity contribution >= 4 is 0 Å². The van der Waals surface area contributed by atoms with Gasteiger partial charge in [0.05, 0.1) is 0 Å². The van der Waals surface area contributed by atoms with E-state index in [4.69, 9.17) is 5.73 Å². The molecule has 1 aromatic rings. The number of nitrogens with two attached hydrogens (primary N) is 1. The van der Waals surface area contributed by atoms with E-state index in [-0.39, 0.29) is 0 Å². The van der Waals surface area contributed by atoms with E-state index in [1.54, 1.807) is 0 Å². The molecule has 2 nitrogen and oxygen atoms in total. The van der Waals surface area contributed by atoms with Crippen molar-refractivity contribution in [2.45, 2.75) is 33.1 Å². The predicted molar refractivity (Wildman–Crippen MR) is 75.2 cm³/mol. The Morgan fingerprint density at radius 1 is 1.12 bits per heavy atom. The van der Waals surface area contributed by atoms with Crippen molar-refractivity contribution in [1.82, 2.24) is 5.32 Å². The first-order valence-corrected chi connectivity index (χ1v) is 6.78. The summed E-state index contributed by atoms with van der Waals surface area (Å²) in [7, 11) is 0. The van der Waals surface area contributed by atoms with Crippen LogP contribution in [0.25, 0.3) is 0 Å². The van der Waals surface area contributed by atoms with Crippen molar-refractivity contribution in [2.24, 2.45) is 11.7 Å². The van der Waals surface area contributed by atoms with Gasteiger partial charge in [-0.3, -0.25) is 0 Å². The summed E-state index contributed by atoms with van der Waals surface area (Å²) in [4.78, 5) is 0. The lowest BCUT2D eigenvalue weighted by atomic mass is 10.1. The van der Waals surface area contributed by atoms with Crippen LogP contribution < -0.4 is 11.1 Å². The molecule has 0 aromatic heterocycles. The van der Waals surface area contributed by atoms with Crippen molar-refractivity contribution in [3.8, 4) is 0 Å². The molecule has 1 rings (SSSR count). The third-order valence-corrected chi connectivity index (χ3v) is 3.37. The second kappa shape index (κ2) is 8.26. The van der Waals surface area contributed by atoms with E-state index in [1.165, 1.54) is 11.1 Å². The third kappa shape index (κ3) is 5.33. The number of hydrogen-bond donors (Lipinski definition) is 2. The number of benzene rings is 1. The zero-order chi connectivity index (χ0) is 12.5. The highest BCUT2D eigenvalue weighted by molar-refractivity contribution is 5.22. The van der Waals surface area contributed by atoms with Crippen LogP contribution >= 0.6 is 0 Å².